The number of para-hydroxylation sites is 1. The van der Waals surface area contributed by atoms with E-state index in [1.807, 2.05) is 50.8 Å². The molecule has 118 valence electrons. The molecule has 21 heavy (non-hydrogen) atoms. The maximum absolute atomic E-state index is 12.1. The van der Waals surface area contributed by atoms with Crippen molar-refractivity contribution in [3.05, 3.63) is 29.3 Å². The van der Waals surface area contributed by atoms with Crippen LogP contribution in [0.5, 0.6) is 5.75 Å². The van der Waals surface area contributed by atoms with Gasteiger partial charge in [0, 0.05) is 18.6 Å². The second kappa shape index (κ2) is 8.13. The van der Waals surface area contributed by atoms with Gasteiger partial charge in [0.05, 0.1) is 11.6 Å². The van der Waals surface area contributed by atoms with Gasteiger partial charge in [-0.3, -0.25) is 0 Å². The maximum atomic E-state index is 12.1. The Bertz CT molecular complexity index is 458. The molecule has 0 aliphatic carbocycles. The molecule has 0 aliphatic rings. The molecule has 2 amide bonds. The fraction of sp³-hybridized carbons (Fsp3) is 0.562. The van der Waals surface area contributed by atoms with Crippen LogP contribution in [0.4, 0.5) is 4.79 Å². The molecule has 1 aromatic carbocycles. The number of ether oxygens (including phenoxy) is 1. The zero-order valence-corrected chi connectivity index (χ0v) is 14.0. The van der Waals surface area contributed by atoms with Gasteiger partial charge in [-0.1, -0.05) is 23.7 Å². The summed E-state index contributed by atoms with van der Waals surface area (Å²) >= 11 is 6.00. The van der Waals surface area contributed by atoms with Crippen molar-refractivity contribution in [2.45, 2.75) is 39.7 Å². The van der Waals surface area contributed by atoms with Gasteiger partial charge in [-0.25, -0.2) is 4.79 Å². The van der Waals surface area contributed by atoms with Crippen LogP contribution in [0, 0.1) is 0 Å². The summed E-state index contributed by atoms with van der Waals surface area (Å²) in [5, 5.41) is 3.52. The van der Waals surface area contributed by atoms with Gasteiger partial charge >= 0.3 is 6.03 Å². The molecule has 0 spiro atoms. The van der Waals surface area contributed by atoms with Crippen LogP contribution >= 0.6 is 11.6 Å². The first kappa shape index (κ1) is 17.6. The van der Waals surface area contributed by atoms with Gasteiger partial charge in [0.15, 0.2) is 0 Å². The van der Waals surface area contributed by atoms with Crippen molar-refractivity contribution in [2.75, 3.05) is 19.7 Å². The number of hydrogen-bond acceptors (Lipinski definition) is 2. The number of nitrogens with zero attached hydrogens (tertiary/aromatic N) is 1. The maximum Gasteiger partial charge on any atom is 0.317 e. The molecule has 0 fully saturated rings. The van der Waals surface area contributed by atoms with E-state index in [0.29, 0.717) is 30.5 Å². The Hall–Kier alpha value is -1.42. The van der Waals surface area contributed by atoms with E-state index in [1.165, 1.54) is 0 Å². The smallest absolute Gasteiger partial charge is 0.317 e. The number of hydrogen-bond donors (Lipinski definition) is 1. The molecule has 0 aliphatic heterocycles. The van der Waals surface area contributed by atoms with Crippen molar-refractivity contribution in [3.8, 4) is 5.75 Å². The average Bonchev–Trinajstić information content (AvgIpc) is 2.39. The van der Waals surface area contributed by atoms with Gasteiger partial charge < -0.3 is 15.0 Å². The number of amides is 2. The molecule has 0 bridgehead atoms. The van der Waals surface area contributed by atoms with Crippen molar-refractivity contribution in [2.24, 2.45) is 0 Å². The lowest BCUT2D eigenvalue weighted by molar-refractivity contribution is 0.149. The molecule has 1 aromatic rings. The first-order valence-corrected chi connectivity index (χ1v) is 7.67. The first-order chi connectivity index (χ1) is 9.86. The van der Waals surface area contributed by atoms with Crippen LogP contribution in [0.1, 0.15) is 34.1 Å². The number of carbonyl (C=O) groups is 1. The molecular formula is C16H25ClN2O2. The van der Waals surface area contributed by atoms with Gasteiger partial charge in [-0.15, -0.1) is 0 Å². The van der Waals surface area contributed by atoms with E-state index in [1.54, 1.807) is 6.07 Å². The molecule has 0 radical (unpaired) electrons. The number of urea groups is 1. The highest BCUT2D eigenvalue weighted by molar-refractivity contribution is 6.32. The number of nitrogens with one attached hydrogen (secondary N) is 1. The molecule has 1 N–H and O–H groups in total. The second-order valence-electron chi connectivity index (χ2n) is 5.78. The van der Waals surface area contributed by atoms with Gasteiger partial charge in [0.1, 0.15) is 5.75 Å². The summed E-state index contributed by atoms with van der Waals surface area (Å²) in [6.07, 6.45) is 0.735. The van der Waals surface area contributed by atoms with Gasteiger partial charge in [0.2, 0.25) is 0 Å². The first-order valence-electron chi connectivity index (χ1n) is 7.29. The lowest BCUT2D eigenvalue weighted by Gasteiger charge is -2.34. The zero-order valence-electron chi connectivity index (χ0n) is 13.3. The molecule has 0 atom stereocenters. The third-order valence-corrected chi connectivity index (χ3v) is 3.37. The number of benzene rings is 1. The van der Waals surface area contributed by atoms with E-state index < -0.39 is 0 Å². The lowest BCUT2D eigenvalue weighted by atomic mass is 10.1. The summed E-state index contributed by atoms with van der Waals surface area (Å²) in [6.45, 7) is 9.84. The lowest BCUT2D eigenvalue weighted by Crippen LogP contribution is -2.50. The normalized spacial score (nSPS) is 11.1. The van der Waals surface area contributed by atoms with Crippen molar-refractivity contribution in [1.82, 2.24) is 10.2 Å². The fourth-order valence-electron chi connectivity index (χ4n) is 2.03. The molecule has 4 nitrogen and oxygen atoms in total. The molecule has 5 heteroatoms. The van der Waals surface area contributed by atoms with Gasteiger partial charge in [-0.05, 0) is 46.2 Å². The molecule has 0 saturated heterocycles. The molecular weight excluding hydrogens is 288 g/mol. The van der Waals surface area contributed by atoms with Crippen LogP contribution in [0.2, 0.25) is 5.02 Å². The Morgan fingerprint density at radius 3 is 2.57 bits per heavy atom. The summed E-state index contributed by atoms with van der Waals surface area (Å²) in [5.74, 6) is 0.676. The number of carbonyl (C=O) groups excluding carboxylic acids is 1. The van der Waals surface area contributed by atoms with Crippen LogP contribution in [-0.4, -0.2) is 36.2 Å². The Balaban J connectivity index is 2.28. The highest BCUT2D eigenvalue weighted by Crippen LogP contribution is 2.22. The highest BCUT2D eigenvalue weighted by atomic mass is 35.5. The minimum atomic E-state index is -0.174. The van der Waals surface area contributed by atoms with Crippen molar-refractivity contribution in [1.29, 1.82) is 0 Å². The van der Waals surface area contributed by atoms with Gasteiger partial charge in [0.25, 0.3) is 0 Å². The second-order valence-corrected chi connectivity index (χ2v) is 6.19. The average molecular weight is 313 g/mol. The quantitative estimate of drug-likeness (QED) is 0.808. The van der Waals surface area contributed by atoms with E-state index in [-0.39, 0.29) is 11.6 Å². The SMILES string of the molecule is CCN(C(=O)NCCCOc1ccccc1Cl)C(C)(C)C. The Morgan fingerprint density at radius 2 is 2.00 bits per heavy atom. The van der Waals surface area contributed by atoms with E-state index >= 15 is 0 Å². The van der Waals surface area contributed by atoms with Crippen LogP contribution in [0.15, 0.2) is 24.3 Å². The standard InChI is InChI=1S/C16H25ClN2O2/c1-5-19(16(2,3)4)15(20)18-11-8-12-21-14-10-7-6-9-13(14)17/h6-7,9-10H,5,8,11-12H2,1-4H3,(H,18,20). The van der Waals surface area contributed by atoms with Crippen LogP contribution in [0.25, 0.3) is 0 Å². The highest BCUT2D eigenvalue weighted by Gasteiger charge is 2.24. The molecule has 0 saturated carbocycles. The van der Waals surface area contributed by atoms with E-state index in [9.17, 15) is 4.79 Å². The minimum absolute atomic E-state index is 0.0391. The fourth-order valence-corrected chi connectivity index (χ4v) is 2.22. The number of rotatable bonds is 6. The summed E-state index contributed by atoms with van der Waals surface area (Å²) in [4.78, 5) is 13.9. The molecule has 0 aromatic heterocycles. The predicted molar refractivity (Wildman–Crippen MR) is 87.1 cm³/mol. The predicted octanol–water partition coefficient (Wildman–Crippen LogP) is 3.94. The summed E-state index contributed by atoms with van der Waals surface area (Å²) in [7, 11) is 0. The number of halogens is 1. The molecule has 0 heterocycles. The Kier molecular flexibility index (Phi) is 6.82. The van der Waals surface area contributed by atoms with E-state index in [4.69, 9.17) is 16.3 Å². The van der Waals surface area contributed by atoms with Crippen molar-refractivity contribution < 1.29 is 9.53 Å². The van der Waals surface area contributed by atoms with E-state index in [2.05, 4.69) is 5.32 Å². The van der Waals surface area contributed by atoms with Crippen LogP contribution in [0.3, 0.4) is 0 Å². The summed E-state index contributed by atoms with van der Waals surface area (Å²) in [6, 6.07) is 7.33. The Labute approximate surface area is 132 Å². The van der Waals surface area contributed by atoms with Crippen LogP contribution in [-0.2, 0) is 0 Å². The van der Waals surface area contributed by atoms with Crippen molar-refractivity contribution in [3.63, 3.8) is 0 Å². The minimum Gasteiger partial charge on any atom is -0.492 e. The largest absolute Gasteiger partial charge is 0.492 e. The zero-order chi connectivity index (χ0) is 15.9. The Morgan fingerprint density at radius 1 is 1.33 bits per heavy atom. The van der Waals surface area contributed by atoms with Crippen LogP contribution < -0.4 is 10.1 Å². The third kappa shape index (κ3) is 5.84. The monoisotopic (exact) mass is 312 g/mol. The van der Waals surface area contributed by atoms with Crippen molar-refractivity contribution >= 4 is 17.6 Å². The molecule has 0 unspecified atom stereocenters. The topological polar surface area (TPSA) is 41.6 Å². The third-order valence-electron chi connectivity index (χ3n) is 3.06. The summed E-state index contributed by atoms with van der Waals surface area (Å²) in [5.41, 5.74) is -0.174. The summed E-state index contributed by atoms with van der Waals surface area (Å²) < 4.78 is 5.58. The van der Waals surface area contributed by atoms with E-state index in [0.717, 1.165) is 6.42 Å². The van der Waals surface area contributed by atoms with Gasteiger partial charge in [-0.2, -0.15) is 0 Å². The molecule has 1 rings (SSSR count).